The first-order valence-corrected chi connectivity index (χ1v) is 10.2. The van der Waals surface area contributed by atoms with E-state index >= 15 is 0 Å². The summed E-state index contributed by atoms with van der Waals surface area (Å²) >= 11 is 0. The zero-order valence-corrected chi connectivity index (χ0v) is 16.7. The van der Waals surface area contributed by atoms with Gasteiger partial charge in [0.15, 0.2) is 0 Å². The number of unbranched alkanes of at least 4 members (excludes halogenated alkanes) is 1. The summed E-state index contributed by atoms with van der Waals surface area (Å²) in [5.41, 5.74) is 5.03. The molecule has 4 rings (SSSR count). The van der Waals surface area contributed by atoms with Crippen molar-refractivity contribution >= 4 is 11.0 Å². The highest BCUT2D eigenvalue weighted by Gasteiger charge is 2.25. The summed E-state index contributed by atoms with van der Waals surface area (Å²) in [6.07, 6.45) is 4.12. The maximum Gasteiger partial charge on any atom is 0.336 e. The minimum Gasteiger partial charge on any atom is -0.444 e. The van der Waals surface area contributed by atoms with Crippen molar-refractivity contribution in [1.29, 1.82) is 0 Å². The summed E-state index contributed by atoms with van der Waals surface area (Å²) in [5.74, 6) is 0.895. The van der Waals surface area contributed by atoms with Crippen molar-refractivity contribution in [1.82, 2.24) is 0 Å². The molecule has 2 heterocycles. The van der Waals surface area contributed by atoms with E-state index in [9.17, 15) is 4.79 Å². The van der Waals surface area contributed by atoms with Crippen molar-refractivity contribution in [2.45, 2.75) is 46.1 Å². The number of fused-ring (bicyclic) bond motifs is 2. The van der Waals surface area contributed by atoms with Gasteiger partial charge in [0.25, 0.3) is 0 Å². The van der Waals surface area contributed by atoms with E-state index in [4.69, 9.17) is 9.15 Å². The molecule has 4 nitrogen and oxygen atoms in total. The van der Waals surface area contributed by atoms with Gasteiger partial charge in [-0.15, -0.1) is 0 Å². The zero-order chi connectivity index (χ0) is 19.5. The van der Waals surface area contributed by atoms with Crippen LogP contribution in [-0.4, -0.2) is 13.3 Å². The van der Waals surface area contributed by atoms with Crippen molar-refractivity contribution in [2.24, 2.45) is 0 Å². The molecule has 0 bridgehead atoms. The summed E-state index contributed by atoms with van der Waals surface area (Å²) < 4.78 is 11.7. The third-order valence-electron chi connectivity index (χ3n) is 5.65. The molecule has 0 fully saturated rings. The fourth-order valence-corrected chi connectivity index (χ4v) is 4.10. The van der Waals surface area contributed by atoms with E-state index in [-0.39, 0.29) is 5.63 Å². The van der Waals surface area contributed by atoms with Crippen LogP contribution < -0.4 is 15.3 Å². The first-order chi connectivity index (χ1) is 13.7. The van der Waals surface area contributed by atoms with Gasteiger partial charge in [-0.1, -0.05) is 43.7 Å². The van der Waals surface area contributed by atoms with Crippen molar-refractivity contribution in [3.05, 3.63) is 75.1 Å². The number of hydrogen-bond donors (Lipinski definition) is 1. The van der Waals surface area contributed by atoms with Crippen LogP contribution in [0.2, 0.25) is 0 Å². The average Bonchev–Trinajstić information content (AvgIpc) is 2.72. The van der Waals surface area contributed by atoms with Crippen LogP contribution in [0.5, 0.6) is 5.75 Å². The summed E-state index contributed by atoms with van der Waals surface area (Å²) in [5, 5.41) is 1.07. The fourth-order valence-electron chi connectivity index (χ4n) is 4.10. The molecule has 0 amide bonds. The molecule has 0 aliphatic carbocycles. The van der Waals surface area contributed by atoms with Gasteiger partial charge in [0.2, 0.25) is 6.73 Å². The van der Waals surface area contributed by atoms with Gasteiger partial charge in [0, 0.05) is 29.0 Å². The van der Waals surface area contributed by atoms with E-state index in [0.717, 1.165) is 61.0 Å². The molecule has 4 heteroatoms. The Morgan fingerprint density at radius 2 is 1.93 bits per heavy atom. The molecule has 28 heavy (non-hydrogen) atoms. The Kier molecular flexibility index (Phi) is 5.49. The first kappa shape index (κ1) is 18.8. The summed E-state index contributed by atoms with van der Waals surface area (Å²) in [4.78, 5) is 13.5. The molecular weight excluding hydrogens is 350 g/mol. The van der Waals surface area contributed by atoms with Crippen LogP contribution in [0.1, 0.15) is 42.0 Å². The highest BCUT2D eigenvalue weighted by Crippen LogP contribution is 2.33. The van der Waals surface area contributed by atoms with Crippen LogP contribution in [0.3, 0.4) is 0 Å². The third-order valence-corrected chi connectivity index (χ3v) is 5.65. The minimum atomic E-state index is -0.271. The quantitative estimate of drug-likeness (QED) is 0.669. The van der Waals surface area contributed by atoms with E-state index in [1.807, 2.05) is 6.92 Å². The van der Waals surface area contributed by atoms with Gasteiger partial charge in [-0.3, -0.25) is 4.90 Å². The van der Waals surface area contributed by atoms with Crippen molar-refractivity contribution in [3.63, 3.8) is 0 Å². The van der Waals surface area contributed by atoms with E-state index in [1.165, 1.54) is 16.0 Å². The molecule has 1 aliphatic heterocycles. The first-order valence-electron chi connectivity index (χ1n) is 10.2. The summed E-state index contributed by atoms with van der Waals surface area (Å²) in [6, 6.07) is 14.4. The second-order valence-electron chi connectivity index (χ2n) is 7.76. The van der Waals surface area contributed by atoms with Crippen molar-refractivity contribution in [3.8, 4) is 5.75 Å². The molecule has 1 aromatic heterocycles. The van der Waals surface area contributed by atoms with Crippen LogP contribution in [-0.2, 0) is 19.4 Å². The Morgan fingerprint density at radius 3 is 2.71 bits per heavy atom. The second-order valence-corrected chi connectivity index (χ2v) is 7.76. The molecule has 3 aromatic rings. The van der Waals surface area contributed by atoms with Gasteiger partial charge in [0.05, 0.1) is 6.54 Å². The van der Waals surface area contributed by atoms with Crippen molar-refractivity contribution in [2.75, 3.05) is 13.3 Å². The largest absolute Gasteiger partial charge is 0.444 e. The van der Waals surface area contributed by atoms with Gasteiger partial charge in [-0.25, -0.2) is 4.79 Å². The lowest BCUT2D eigenvalue weighted by Crippen LogP contribution is -3.12. The molecule has 1 aliphatic rings. The summed E-state index contributed by atoms with van der Waals surface area (Å²) in [6.45, 7) is 6.79. The van der Waals surface area contributed by atoms with Gasteiger partial charge in [-0.05, 0) is 37.0 Å². The lowest BCUT2D eigenvalue weighted by Gasteiger charge is -2.27. The Hall–Kier alpha value is -2.59. The van der Waals surface area contributed by atoms with Gasteiger partial charge in [0.1, 0.15) is 17.9 Å². The van der Waals surface area contributed by atoms with Crippen LogP contribution in [0.15, 0.2) is 51.7 Å². The Morgan fingerprint density at radius 1 is 1.11 bits per heavy atom. The number of rotatable bonds is 6. The molecular formula is C24H28NO3+. The molecule has 146 valence electrons. The number of quaternary nitrogens is 1. The smallest absolute Gasteiger partial charge is 0.336 e. The van der Waals surface area contributed by atoms with E-state index in [1.54, 1.807) is 6.07 Å². The van der Waals surface area contributed by atoms with Gasteiger partial charge < -0.3 is 9.15 Å². The van der Waals surface area contributed by atoms with Crippen LogP contribution >= 0.6 is 0 Å². The SMILES string of the molecule is CCCCc1cc(=O)oc2c(C)c3c(cc12)C[NH+](CCc1ccccc1)CO3. The second kappa shape index (κ2) is 8.19. The average molecular weight is 378 g/mol. The van der Waals surface area contributed by atoms with Gasteiger partial charge >= 0.3 is 5.63 Å². The molecule has 0 radical (unpaired) electrons. The lowest BCUT2D eigenvalue weighted by molar-refractivity contribution is -0.932. The Bertz CT molecular complexity index is 1020. The molecule has 0 spiro atoms. The Balaban J connectivity index is 1.62. The van der Waals surface area contributed by atoms with Crippen LogP contribution in [0, 0.1) is 6.92 Å². The number of aryl methyl sites for hydroxylation is 2. The topological polar surface area (TPSA) is 43.9 Å². The molecule has 0 saturated heterocycles. The van der Waals surface area contributed by atoms with Crippen molar-refractivity contribution < 1.29 is 14.1 Å². The standard InChI is InChI=1S/C24H27NO3/c1-3-4-10-19-14-22(26)28-24-17(2)23-20(13-21(19)24)15-25(16-27-23)12-11-18-8-6-5-7-9-18/h5-9,13-14H,3-4,10-12,15-16H2,1-2H3/p+1. The molecule has 0 saturated carbocycles. The number of ether oxygens (including phenoxy) is 1. The highest BCUT2D eigenvalue weighted by atomic mass is 16.5. The number of nitrogens with one attached hydrogen (secondary N) is 1. The molecule has 1 N–H and O–H groups in total. The third kappa shape index (κ3) is 3.83. The van der Waals surface area contributed by atoms with E-state index < -0.39 is 0 Å². The lowest BCUT2D eigenvalue weighted by atomic mass is 9.98. The number of hydrogen-bond acceptors (Lipinski definition) is 3. The maximum absolute atomic E-state index is 12.0. The maximum atomic E-state index is 12.0. The predicted molar refractivity (Wildman–Crippen MR) is 111 cm³/mol. The van der Waals surface area contributed by atoms with E-state index in [2.05, 4.69) is 43.3 Å². The monoisotopic (exact) mass is 378 g/mol. The number of benzene rings is 2. The van der Waals surface area contributed by atoms with Crippen LogP contribution in [0.4, 0.5) is 0 Å². The zero-order valence-electron chi connectivity index (χ0n) is 16.7. The predicted octanol–water partition coefficient (Wildman–Crippen LogP) is 3.42. The fraction of sp³-hybridized carbons (Fsp3) is 0.375. The molecule has 2 aromatic carbocycles. The Labute approximate surface area is 165 Å². The molecule has 1 atom stereocenters. The molecule has 1 unspecified atom stereocenters. The van der Waals surface area contributed by atoms with Crippen LogP contribution in [0.25, 0.3) is 11.0 Å². The van der Waals surface area contributed by atoms with E-state index in [0.29, 0.717) is 12.3 Å². The van der Waals surface area contributed by atoms with Gasteiger partial charge in [-0.2, -0.15) is 0 Å². The normalized spacial score (nSPS) is 16.0. The summed E-state index contributed by atoms with van der Waals surface area (Å²) in [7, 11) is 0. The minimum absolute atomic E-state index is 0.271. The highest BCUT2D eigenvalue weighted by molar-refractivity contribution is 5.86.